The van der Waals surface area contributed by atoms with Crippen molar-refractivity contribution in [3.8, 4) is 0 Å². The molecule has 102 valence electrons. The predicted octanol–water partition coefficient (Wildman–Crippen LogP) is 0.213. The fraction of sp³-hybridized carbons (Fsp3) is 1.00. The zero-order valence-corrected chi connectivity index (χ0v) is 11.7. The summed E-state index contributed by atoms with van der Waals surface area (Å²) in [5.41, 5.74) is 0. The summed E-state index contributed by atoms with van der Waals surface area (Å²) in [5, 5.41) is 6.79. The van der Waals surface area contributed by atoms with E-state index in [1.807, 2.05) is 13.8 Å². The zero-order valence-electron chi connectivity index (χ0n) is 11.7. The number of hydrogen-bond acceptors (Lipinski definition) is 4. The molecule has 2 fully saturated rings. The SMILES string of the molecule is C(CN1CCNCC1)CN1CCNCC1.CC. The second-order valence-corrected chi connectivity index (χ2v) is 4.54. The molecule has 0 unspecified atom stereocenters. The molecule has 17 heavy (non-hydrogen) atoms. The summed E-state index contributed by atoms with van der Waals surface area (Å²) in [7, 11) is 0. The maximum Gasteiger partial charge on any atom is 0.0107 e. The second kappa shape index (κ2) is 9.83. The third-order valence-corrected chi connectivity index (χ3v) is 3.37. The van der Waals surface area contributed by atoms with Gasteiger partial charge >= 0.3 is 0 Å². The van der Waals surface area contributed by atoms with Crippen LogP contribution < -0.4 is 10.6 Å². The van der Waals surface area contributed by atoms with Gasteiger partial charge in [-0.3, -0.25) is 0 Å². The second-order valence-electron chi connectivity index (χ2n) is 4.54. The van der Waals surface area contributed by atoms with Crippen LogP contribution >= 0.6 is 0 Å². The van der Waals surface area contributed by atoms with Gasteiger partial charge < -0.3 is 20.4 Å². The Kier molecular flexibility index (Phi) is 8.61. The van der Waals surface area contributed by atoms with Crippen molar-refractivity contribution in [2.24, 2.45) is 0 Å². The van der Waals surface area contributed by atoms with Gasteiger partial charge in [-0.1, -0.05) is 13.8 Å². The monoisotopic (exact) mass is 242 g/mol. The molecule has 2 saturated heterocycles. The minimum absolute atomic E-state index is 1.17. The molecular formula is C13H30N4. The van der Waals surface area contributed by atoms with E-state index in [1.165, 1.54) is 71.9 Å². The first kappa shape index (κ1) is 14.9. The maximum absolute atomic E-state index is 3.39. The molecule has 0 atom stereocenters. The number of rotatable bonds is 4. The Labute approximate surface area is 107 Å². The van der Waals surface area contributed by atoms with Gasteiger partial charge in [-0.15, -0.1) is 0 Å². The highest BCUT2D eigenvalue weighted by atomic mass is 15.2. The normalized spacial score (nSPS) is 22.9. The maximum atomic E-state index is 3.39. The Morgan fingerprint density at radius 3 is 1.41 bits per heavy atom. The molecule has 2 heterocycles. The average molecular weight is 242 g/mol. The van der Waals surface area contributed by atoms with Gasteiger partial charge in [0.2, 0.25) is 0 Å². The van der Waals surface area contributed by atoms with Gasteiger partial charge in [-0.25, -0.2) is 0 Å². The summed E-state index contributed by atoms with van der Waals surface area (Å²) in [5.74, 6) is 0. The van der Waals surface area contributed by atoms with Crippen LogP contribution in [0.15, 0.2) is 0 Å². The van der Waals surface area contributed by atoms with E-state index in [-0.39, 0.29) is 0 Å². The van der Waals surface area contributed by atoms with Gasteiger partial charge in [-0.2, -0.15) is 0 Å². The van der Waals surface area contributed by atoms with Crippen molar-refractivity contribution in [1.29, 1.82) is 0 Å². The molecule has 2 aliphatic heterocycles. The summed E-state index contributed by atoms with van der Waals surface area (Å²) < 4.78 is 0. The van der Waals surface area contributed by atoms with E-state index in [4.69, 9.17) is 0 Å². The van der Waals surface area contributed by atoms with Crippen molar-refractivity contribution in [3.05, 3.63) is 0 Å². The zero-order chi connectivity index (χ0) is 12.3. The lowest BCUT2D eigenvalue weighted by Crippen LogP contribution is -2.46. The van der Waals surface area contributed by atoms with Crippen molar-refractivity contribution >= 4 is 0 Å². The summed E-state index contributed by atoms with van der Waals surface area (Å²) in [6.45, 7) is 16.2. The molecule has 2 N–H and O–H groups in total. The molecule has 0 aromatic rings. The number of hydrogen-bond donors (Lipinski definition) is 2. The molecule has 0 amide bonds. The highest BCUT2D eigenvalue weighted by Gasteiger charge is 2.11. The molecule has 4 nitrogen and oxygen atoms in total. The first-order valence-corrected chi connectivity index (χ1v) is 7.31. The topological polar surface area (TPSA) is 30.5 Å². The van der Waals surface area contributed by atoms with Crippen LogP contribution in [0.1, 0.15) is 20.3 Å². The van der Waals surface area contributed by atoms with Crippen LogP contribution in [0.2, 0.25) is 0 Å². The van der Waals surface area contributed by atoms with E-state index in [9.17, 15) is 0 Å². The van der Waals surface area contributed by atoms with Crippen LogP contribution in [0.5, 0.6) is 0 Å². The van der Waals surface area contributed by atoms with Crippen molar-refractivity contribution in [1.82, 2.24) is 20.4 Å². The quantitative estimate of drug-likeness (QED) is 0.738. The first-order chi connectivity index (χ1) is 8.45. The standard InChI is InChI=1S/C11H24N4.C2H6/c1(6-14-8-2-12-3-9-14)7-15-10-4-13-5-11-15;1-2/h12-13H,1-11H2;1-2H3. The van der Waals surface area contributed by atoms with Crippen LogP contribution in [0.25, 0.3) is 0 Å². The third kappa shape index (κ3) is 6.36. The summed E-state index contributed by atoms with van der Waals surface area (Å²) in [4.78, 5) is 5.16. The van der Waals surface area contributed by atoms with Crippen molar-refractivity contribution < 1.29 is 0 Å². The van der Waals surface area contributed by atoms with Crippen LogP contribution in [-0.4, -0.2) is 75.2 Å². The Bertz CT molecular complexity index is 145. The van der Waals surface area contributed by atoms with Crippen molar-refractivity contribution in [2.75, 3.05) is 65.4 Å². The highest BCUT2D eigenvalue weighted by Crippen LogP contribution is 1.98. The predicted molar refractivity (Wildman–Crippen MR) is 74.6 cm³/mol. The molecule has 0 aromatic carbocycles. The van der Waals surface area contributed by atoms with Gasteiger partial charge in [0, 0.05) is 52.4 Å². The van der Waals surface area contributed by atoms with Gasteiger partial charge in [-0.05, 0) is 19.5 Å². The molecule has 2 rings (SSSR count). The van der Waals surface area contributed by atoms with Gasteiger partial charge in [0.15, 0.2) is 0 Å². The molecule has 4 heteroatoms. The minimum Gasteiger partial charge on any atom is -0.314 e. The molecule has 0 radical (unpaired) electrons. The Morgan fingerprint density at radius 1 is 0.706 bits per heavy atom. The van der Waals surface area contributed by atoms with E-state index >= 15 is 0 Å². The largest absolute Gasteiger partial charge is 0.314 e. The Balaban J connectivity index is 0.000000686. The number of nitrogens with zero attached hydrogens (tertiary/aromatic N) is 2. The summed E-state index contributed by atoms with van der Waals surface area (Å²) >= 11 is 0. The number of piperazine rings is 2. The van der Waals surface area contributed by atoms with Crippen molar-refractivity contribution in [2.45, 2.75) is 20.3 Å². The first-order valence-electron chi connectivity index (χ1n) is 7.31. The van der Waals surface area contributed by atoms with Crippen LogP contribution in [0, 0.1) is 0 Å². The van der Waals surface area contributed by atoms with E-state index in [0.717, 1.165) is 0 Å². The van der Waals surface area contributed by atoms with Crippen LogP contribution in [-0.2, 0) is 0 Å². The summed E-state index contributed by atoms with van der Waals surface area (Å²) in [6.07, 6.45) is 1.33. The molecule has 0 aromatic heterocycles. The van der Waals surface area contributed by atoms with Gasteiger partial charge in [0.1, 0.15) is 0 Å². The van der Waals surface area contributed by atoms with E-state index in [2.05, 4.69) is 20.4 Å². The Morgan fingerprint density at radius 2 is 1.06 bits per heavy atom. The van der Waals surface area contributed by atoms with E-state index in [0.29, 0.717) is 0 Å². The lowest BCUT2D eigenvalue weighted by molar-refractivity contribution is 0.199. The Hall–Kier alpha value is -0.160. The molecule has 0 aliphatic carbocycles. The van der Waals surface area contributed by atoms with Gasteiger partial charge in [0.25, 0.3) is 0 Å². The molecule has 0 saturated carbocycles. The minimum atomic E-state index is 1.17. The lowest BCUT2D eigenvalue weighted by atomic mass is 10.3. The molecule has 0 bridgehead atoms. The van der Waals surface area contributed by atoms with E-state index in [1.54, 1.807) is 0 Å². The van der Waals surface area contributed by atoms with Gasteiger partial charge in [0.05, 0.1) is 0 Å². The number of nitrogens with one attached hydrogen (secondary N) is 2. The summed E-state index contributed by atoms with van der Waals surface area (Å²) in [6, 6.07) is 0. The fourth-order valence-electron chi connectivity index (χ4n) is 2.39. The fourth-order valence-corrected chi connectivity index (χ4v) is 2.39. The third-order valence-electron chi connectivity index (χ3n) is 3.37. The molecular weight excluding hydrogens is 212 g/mol. The molecule has 0 spiro atoms. The lowest BCUT2D eigenvalue weighted by Gasteiger charge is -2.30. The van der Waals surface area contributed by atoms with E-state index < -0.39 is 0 Å². The van der Waals surface area contributed by atoms with Crippen LogP contribution in [0.3, 0.4) is 0 Å². The van der Waals surface area contributed by atoms with Crippen molar-refractivity contribution in [3.63, 3.8) is 0 Å². The van der Waals surface area contributed by atoms with Crippen LogP contribution in [0.4, 0.5) is 0 Å². The average Bonchev–Trinajstić information content (AvgIpc) is 2.43. The smallest absolute Gasteiger partial charge is 0.0107 e. The molecule has 2 aliphatic rings. The highest BCUT2D eigenvalue weighted by molar-refractivity contribution is 4.70.